The summed E-state index contributed by atoms with van der Waals surface area (Å²) in [5.41, 5.74) is 1.03. The first-order valence-corrected chi connectivity index (χ1v) is 10.5. The van der Waals surface area contributed by atoms with E-state index in [0.29, 0.717) is 23.5 Å². The number of nitrogens with one attached hydrogen (secondary N) is 1. The smallest absolute Gasteiger partial charge is 0.333 e. The van der Waals surface area contributed by atoms with E-state index in [1.807, 2.05) is 0 Å². The van der Waals surface area contributed by atoms with Crippen LogP contribution in [0.3, 0.4) is 0 Å². The van der Waals surface area contributed by atoms with Gasteiger partial charge in [0.15, 0.2) is 23.2 Å². The fraction of sp³-hybridized carbons (Fsp3) is 0.688. The predicted octanol–water partition coefficient (Wildman–Crippen LogP) is -0.486. The van der Waals surface area contributed by atoms with Crippen LogP contribution in [0.4, 0.5) is 5.82 Å². The molecular formula is C16H26N6O6S. The first kappa shape index (κ1) is 21.8. The number of nitrogens with zero attached hydrogens (tertiary/aromatic N) is 4. The van der Waals surface area contributed by atoms with Crippen molar-refractivity contribution in [3.05, 3.63) is 12.7 Å². The standard InChI is InChI=1S/C16H26N6O6S/c1-16(2,3)4-5-18-13-10-14(20-7-19-13)22(8-21-10)15-12(24)11(23)9(28-15)6-27-29(17,25)26/h7-9,11-12,15,23-24H,4-6H2,1-3H3,(H2,17,25,26)(H,18,19,20)/t9-,11-,12-,15-/m1/s1. The van der Waals surface area contributed by atoms with Crippen LogP contribution in [0.1, 0.15) is 33.4 Å². The normalized spacial score (nSPS) is 25.6. The van der Waals surface area contributed by atoms with Gasteiger partial charge < -0.3 is 20.3 Å². The molecule has 0 aliphatic carbocycles. The molecule has 3 heterocycles. The fourth-order valence-electron chi connectivity index (χ4n) is 2.98. The summed E-state index contributed by atoms with van der Waals surface area (Å²) in [6.45, 7) is 6.57. The van der Waals surface area contributed by atoms with Crippen molar-refractivity contribution in [2.24, 2.45) is 10.6 Å². The molecule has 4 atom stereocenters. The Morgan fingerprint density at radius 1 is 1.28 bits per heavy atom. The number of hydrogen-bond acceptors (Lipinski definition) is 10. The molecule has 0 radical (unpaired) electrons. The fourth-order valence-corrected chi connectivity index (χ4v) is 3.31. The first-order valence-electron chi connectivity index (χ1n) is 9.06. The zero-order valence-corrected chi connectivity index (χ0v) is 17.2. The topological polar surface area (TPSA) is 175 Å². The number of hydrogen-bond donors (Lipinski definition) is 4. The molecule has 29 heavy (non-hydrogen) atoms. The molecule has 13 heteroatoms. The van der Waals surface area contributed by atoms with E-state index in [9.17, 15) is 18.6 Å². The summed E-state index contributed by atoms with van der Waals surface area (Å²) in [7, 11) is -4.20. The SMILES string of the molecule is CC(C)(C)CCNc1ncnc2c1ncn2[C@@H]1O[C@H](COS(N)(=O)=O)[C@@H](O)[C@H]1O. The van der Waals surface area contributed by atoms with Crippen LogP contribution >= 0.6 is 0 Å². The average Bonchev–Trinajstić information content (AvgIpc) is 3.14. The van der Waals surface area contributed by atoms with Crippen LogP contribution in [0.2, 0.25) is 0 Å². The van der Waals surface area contributed by atoms with Gasteiger partial charge in [-0.1, -0.05) is 20.8 Å². The third kappa shape index (κ3) is 5.18. The zero-order valence-electron chi connectivity index (χ0n) is 16.4. The van der Waals surface area contributed by atoms with E-state index in [0.717, 1.165) is 6.42 Å². The van der Waals surface area contributed by atoms with Gasteiger partial charge in [-0.3, -0.25) is 8.75 Å². The largest absolute Gasteiger partial charge is 0.387 e. The number of anilines is 1. The van der Waals surface area contributed by atoms with E-state index in [1.165, 1.54) is 17.2 Å². The van der Waals surface area contributed by atoms with Crippen molar-refractivity contribution in [2.75, 3.05) is 18.5 Å². The van der Waals surface area contributed by atoms with Gasteiger partial charge in [-0.05, 0) is 11.8 Å². The highest BCUT2D eigenvalue weighted by molar-refractivity contribution is 7.84. The van der Waals surface area contributed by atoms with Gasteiger partial charge >= 0.3 is 10.3 Å². The zero-order chi connectivity index (χ0) is 21.4. The van der Waals surface area contributed by atoms with Crippen LogP contribution in [0.15, 0.2) is 12.7 Å². The third-order valence-electron chi connectivity index (χ3n) is 4.53. The Labute approximate surface area is 168 Å². The molecule has 0 unspecified atom stereocenters. The number of fused-ring (bicyclic) bond motifs is 1. The molecule has 162 valence electrons. The lowest BCUT2D eigenvalue weighted by molar-refractivity contribution is -0.0467. The van der Waals surface area contributed by atoms with Crippen molar-refractivity contribution in [1.82, 2.24) is 19.5 Å². The van der Waals surface area contributed by atoms with E-state index in [4.69, 9.17) is 9.88 Å². The second kappa shape index (κ2) is 8.08. The van der Waals surface area contributed by atoms with Gasteiger partial charge in [0.05, 0.1) is 12.9 Å². The van der Waals surface area contributed by atoms with Crippen molar-refractivity contribution in [1.29, 1.82) is 0 Å². The predicted molar refractivity (Wildman–Crippen MR) is 103 cm³/mol. The summed E-state index contributed by atoms with van der Waals surface area (Å²) in [6, 6.07) is 0. The number of aliphatic hydroxyl groups excluding tert-OH is 2. The molecule has 12 nitrogen and oxygen atoms in total. The Morgan fingerprint density at radius 2 is 2.00 bits per heavy atom. The Kier molecular flexibility index (Phi) is 6.08. The molecule has 2 aromatic rings. The first-order chi connectivity index (χ1) is 13.5. The van der Waals surface area contributed by atoms with Crippen molar-refractivity contribution >= 4 is 27.3 Å². The molecular weight excluding hydrogens is 404 g/mol. The lowest BCUT2D eigenvalue weighted by Crippen LogP contribution is -2.35. The lowest BCUT2D eigenvalue weighted by Gasteiger charge is -2.18. The maximum absolute atomic E-state index is 11.0. The number of ether oxygens (including phenoxy) is 1. The average molecular weight is 430 g/mol. The Morgan fingerprint density at radius 3 is 2.66 bits per heavy atom. The highest BCUT2D eigenvalue weighted by Crippen LogP contribution is 2.32. The van der Waals surface area contributed by atoms with Crippen molar-refractivity contribution in [3.8, 4) is 0 Å². The number of rotatable bonds is 7. The summed E-state index contributed by atoms with van der Waals surface area (Å²) in [5.74, 6) is 0.542. The monoisotopic (exact) mass is 430 g/mol. The molecule has 0 bridgehead atoms. The quantitative estimate of drug-likeness (QED) is 0.449. The van der Waals surface area contributed by atoms with Crippen molar-refractivity contribution in [3.63, 3.8) is 0 Å². The molecule has 0 spiro atoms. The van der Waals surface area contributed by atoms with E-state index < -0.39 is 41.5 Å². The minimum absolute atomic E-state index is 0.157. The van der Waals surface area contributed by atoms with Crippen LogP contribution in [0.25, 0.3) is 11.2 Å². The second-order valence-electron chi connectivity index (χ2n) is 8.11. The Hall–Kier alpha value is -1.90. The Bertz CT molecular complexity index is 958. The highest BCUT2D eigenvalue weighted by Gasteiger charge is 2.45. The van der Waals surface area contributed by atoms with Gasteiger partial charge in [-0.25, -0.2) is 20.1 Å². The van der Waals surface area contributed by atoms with Gasteiger partial charge in [0, 0.05) is 6.54 Å². The molecule has 5 N–H and O–H groups in total. The van der Waals surface area contributed by atoms with Crippen LogP contribution < -0.4 is 10.5 Å². The summed E-state index contributed by atoms with van der Waals surface area (Å²) in [6.07, 6.45) is -1.18. The molecule has 0 saturated carbocycles. The minimum Gasteiger partial charge on any atom is -0.387 e. The van der Waals surface area contributed by atoms with E-state index in [-0.39, 0.29) is 5.41 Å². The van der Waals surface area contributed by atoms with Gasteiger partial charge in [-0.2, -0.15) is 8.42 Å². The molecule has 1 aliphatic rings. The lowest BCUT2D eigenvalue weighted by atomic mass is 9.92. The van der Waals surface area contributed by atoms with Crippen LogP contribution in [-0.4, -0.2) is 69.6 Å². The molecule has 2 aromatic heterocycles. The van der Waals surface area contributed by atoms with Gasteiger partial charge in [-0.15, -0.1) is 0 Å². The summed E-state index contributed by atoms with van der Waals surface area (Å²) < 4.78 is 33.4. The van der Waals surface area contributed by atoms with E-state index >= 15 is 0 Å². The number of imidazole rings is 1. The summed E-state index contributed by atoms with van der Waals surface area (Å²) >= 11 is 0. The summed E-state index contributed by atoms with van der Waals surface area (Å²) in [4.78, 5) is 12.7. The molecule has 1 fully saturated rings. The Balaban J connectivity index is 1.79. The van der Waals surface area contributed by atoms with Gasteiger partial charge in [0.1, 0.15) is 24.6 Å². The van der Waals surface area contributed by atoms with Crippen LogP contribution in [0, 0.1) is 5.41 Å². The van der Waals surface area contributed by atoms with E-state index in [2.05, 4.69) is 45.2 Å². The molecule has 1 aliphatic heterocycles. The molecule has 0 amide bonds. The second-order valence-corrected chi connectivity index (χ2v) is 9.33. The third-order valence-corrected chi connectivity index (χ3v) is 5.00. The molecule has 1 saturated heterocycles. The minimum atomic E-state index is -4.20. The maximum Gasteiger partial charge on any atom is 0.333 e. The molecule has 0 aromatic carbocycles. The molecule has 3 rings (SSSR count). The van der Waals surface area contributed by atoms with Crippen LogP contribution in [-0.2, 0) is 19.2 Å². The van der Waals surface area contributed by atoms with Crippen molar-refractivity contribution in [2.45, 2.75) is 51.7 Å². The van der Waals surface area contributed by atoms with Crippen molar-refractivity contribution < 1.29 is 27.6 Å². The van der Waals surface area contributed by atoms with Crippen LogP contribution in [0.5, 0.6) is 0 Å². The number of aliphatic hydroxyl groups is 2. The number of aromatic nitrogens is 4. The number of nitrogens with two attached hydrogens (primary N) is 1. The van der Waals surface area contributed by atoms with Gasteiger partial charge in [0.2, 0.25) is 0 Å². The maximum atomic E-state index is 11.0. The summed E-state index contributed by atoms with van der Waals surface area (Å²) in [5, 5.41) is 28.6. The van der Waals surface area contributed by atoms with Gasteiger partial charge in [0.25, 0.3) is 0 Å². The highest BCUT2D eigenvalue weighted by atomic mass is 32.2. The van der Waals surface area contributed by atoms with E-state index in [1.54, 1.807) is 0 Å².